The smallest absolute Gasteiger partial charge is 0.247 e. The van der Waals surface area contributed by atoms with Gasteiger partial charge >= 0.3 is 0 Å². The molecule has 0 aliphatic heterocycles. The molecule has 4 aromatic rings. The summed E-state index contributed by atoms with van der Waals surface area (Å²) in [4.78, 5) is 12.3. The number of carbonyl (C=O) groups excluding carboxylic acids is 1. The van der Waals surface area contributed by atoms with Gasteiger partial charge in [0.05, 0.1) is 12.2 Å². The van der Waals surface area contributed by atoms with Crippen LogP contribution >= 0.6 is 0 Å². The molecule has 2 aromatic carbocycles. The average molecular weight is 375 g/mol. The number of nitrogens with one attached hydrogen (secondary N) is 1. The van der Waals surface area contributed by atoms with Gasteiger partial charge in [-0.1, -0.05) is 42.5 Å². The summed E-state index contributed by atoms with van der Waals surface area (Å²) in [5.41, 5.74) is 2.41. The van der Waals surface area contributed by atoms with Gasteiger partial charge in [-0.25, -0.2) is 4.39 Å². The van der Waals surface area contributed by atoms with E-state index < -0.39 is 0 Å². The summed E-state index contributed by atoms with van der Waals surface area (Å²) >= 11 is 0. The van der Waals surface area contributed by atoms with E-state index in [-0.39, 0.29) is 18.3 Å². The fourth-order valence-electron chi connectivity index (χ4n) is 2.87. The van der Waals surface area contributed by atoms with Crippen LogP contribution in [0, 0.1) is 5.82 Å². The zero-order valence-electron chi connectivity index (χ0n) is 15.0. The molecule has 0 aliphatic carbocycles. The topological polar surface area (TPSA) is 64.7 Å². The van der Waals surface area contributed by atoms with Crippen molar-refractivity contribution in [1.29, 1.82) is 0 Å². The molecule has 0 radical (unpaired) electrons. The molecule has 2 aromatic heterocycles. The van der Waals surface area contributed by atoms with Crippen molar-refractivity contribution in [2.24, 2.45) is 0 Å². The van der Waals surface area contributed by atoms with Gasteiger partial charge in [0, 0.05) is 24.0 Å². The van der Waals surface area contributed by atoms with Crippen LogP contribution < -0.4 is 5.32 Å². The Hall–Kier alpha value is -3.74. The SMILES string of the molecule is O=C(Cn1ccc(-c2cccc(F)c2)n1)Nc1ccn(Cc2ccccc2)n1. The van der Waals surface area contributed by atoms with Crippen molar-refractivity contribution in [3.63, 3.8) is 0 Å². The third kappa shape index (κ3) is 4.32. The molecule has 1 N–H and O–H groups in total. The monoisotopic (exact) mass is 375 g/mol. The van der Waals surface area contributed by atoms with Gasteiger partial charge in [0.1, 0.15) is 12.4 Å². The number of amides is 1. The van der Waals surface area contributed by atoms with E-state index in [1.165, 1.54) is 16.8 Å². The Bertz CT molecular complexity index is 1090. The molecule has 0 aliphatic rings. The molecule has 0 unspecified atom stereocenters. The van der Waals surface area contributed by atoms with Crippen LogP contribution in [0.4, 0.5) is 10.2 Å². The zero-order chi connectivity index (χ0) is 19.3. The first-order valence-electron chi connectivity index (χ1n) is 8.82. The van der Waals surface area contributed by atoms with Gasteiger partial charge in [0.25, 0.3) is 0 Å². The van der Waals surface area contributed by atoms with Crippen LogP contribution in [0.15, 0.2) is 79.1 Å². The minimum atomic E-state index is -0.323. The number of rotatable bonds is 6. The maximum Gasteiger partial charge on any atom is 0.247 e. The summed E-state index contributed by atoms with van der Waals surface area (Å²) in [6.07, 6.45) is 3.51. The summed E-state index contributed by atoms with van der Waals surface area (Å²) in [6, 6.07) is 19.6. The highest BCUT2D eigenvalue weighted by atomic mass is 19.1. The molecular weight excluding hydrogens is 357 g/mol. The zero-order valence-corrected chi connectivity index (χ0v) is 15.0. The molecule has 0 saturated heterocycles. The summed E-state index contributed by atoms with van der Waals surface area (Å²) in [7, 11) is 0. The van der Waals surface area contributed by atoms with Crippen molar-refractivity contribution in [1.82, 2.24) is 19.6 Å². The lowest BCUT2D eigenvalue weighted by Crippen LogP contribution is -2.19. The largest absolute Gasteiger partial charge is 0.308 e. The molecule has 6 nitrogen and oxygen atoms in total. The average Bonchev–Trinajstić information content (AvgIpc) is 3.32. The van der Waals surface area contributed by atoms with Crippen molar-refractivity contribution < 1.29 is 9.18 Å². The normalized spacial score (nSPS) is 10.8. The number of hydrogen-bond acceptors (Lipinski definition) is 3. The van der Waals surface area contributed by atoms with Crippen LogP contribution in [-0.4, -0.2) is 25.5 Å². The summed E-state index contributed by atoms with van der Waals surface area (Å²) in [5, 5.41) is 11.5. The fourth-order valence-corrected chi connectivity index (χ4v) is 2.87. The molecule has 1 amide bonds. The molecule has 0 fully saturated rings. The molecule has 0 bridgehead atoms. The maximum absolute atomic E-state index is 13.3. The van der Waals surface area contributed by atoms with E-state index in [2.05, 4.69) is 15.5 Å². The fraction of sp³-hybridized carbons (Fsp3) is 0.0952. The third-order valence-electron chi connectivity index (χ3n) is 4.16. The minimum Gasteiger partial charge on any atom is -0.308 e. The Labute approximate surface area is 161 Å². The first-order chi connectivity index (χ1) is 13.7. The predicted octanol–water partition coefficient (Wildman–Crippen LogP) is 3.57. The standard InChI is InChI=1S/C21H18FN5O/c22-18-8-4-7-17(13-18)19-9-11-27(24-19)15-21(28)23-20-10-12-26(25-20)14-16-5-2-1-3-6-16/h1-13H,14-15H2,(H,23,25,28). The molecule has 0 saturated carbocycles. The number of benzene rings is 2. The molecule has 7 heteroatoms. The van der Waals surface area contributed by atoms with Gasteiger partial charge < -0.3 is 5.32 Å². The van der Waals surface area contributed by atoms with E-state index in [0.29, 0.717) is 23.6 Å². The highest BCUT2D eigenvalue weighted by Gasteiger charge is 2.09. The van der Waals surface area contributed by atoms with Crippen LogP contribution in [0.3, 0.4) is 0 Å². The molecule has 4 rings (SSSR count). The summed E-state index contributed by atoms with van der Waals surface area (Å²) < 4.78 is 16.6. The van der Waals surface area contributed by atoms with Gasteiger partial charge in [-0.3, -0.25) is 14.2 Å². The van der Waals surface area contributed by atoms with Crippen LogP contribution in [0.1, 0.15) is 5.56 Å². The molecular formula is C21H18FN5O. The number of halogens is 1. The highest BCUT2D eigenvalue weighted by Crippen LogP contribution is 2.17. The number of nitrogens with zero attached hydrogens (tertiary/aromatic N) is 4. The second-order valence-corrected chi connectivity index (χ2v) is 6.34. The quantitative estimate of drug-likeness (QED) is 0.560. The Morgan fingerprint density at radius 2 is 1.75 bits per heavy atom. The van der Waals surface area contributed by atoms with E-state index >= 15 is 0 Å². The van der Waals surface area contributed by atoms with E-state index in [1.807, 2.05) is 36.5 Å². The van der Waals surface area contributed by atoms with Crippen LogP contribution in [-0.2, 0) is 17.9 Å². The first kappa shape index (κ1) is 17.7. The molecule has 0 atom stereocenters. The van der Waals surface area contributed by atoms with Crippen LogP contribution in [0.5, 0.6) is 0 Å². The van der Waals surface area contributed by atoms with E-state index in [0.717, 1.165) is 5.56 Å². The van der Waals surface area contributed by atoms with Crippen molar-refractivity contribution >= 4 is 11.7 Å². The molecule has 0 spiro atoms. The lowest BCUT2D eigenvalue weighted by Gasteiger charge is -2.03. The molecule has 28 heavy (non-hydrogen) atoms. The van der Waals surface area contributed by atoms with E-state index in [4.69, 9.17) is 0 Å². The van der Waals surface area contributed by atoms with Crippen molar-refractivity contribution in [2.75, 3.05) is 5.32 Å². The van der Waals surface area contributed by atoms with Crippen molar-refractivity contribution in [2.45, 2.75) is 13.1 Å². The summed E-state index contributed by atoms with van der Waals surface area (Å²) in [6.45, 7) is 0.674. The number of carbonyl (C=O) groups is 1. The Balaban J connectivity index is 1.36. The second kappa shape index (κ2) is 7.87. The third-order valence-corrected chi connectivity index (χ3v) is 4.16. The number of hydrogen-bond donors (Lipinski definition) is 1. The van der Waals surface area contributed by atoms with Gasteiger partial charge in [0.15, 0.2) is 5.82 Å². The maximum atomic E-state index is 13.3. The lowest BCUT2D eigenvalue weighted by atomic mass is 10.1. The number of aromatic nitrogens is 4. The molecule has 140 valence electrons. The Morgan fingerprint density at radius 1 is 0.929 bits per heavy atom. The van der Waals surface area contributed by atoms with E-state index in [1.54, 1.807) is 35.1 Å². The van der Waals surface area contributed by atoms with Gasteiger partial charge in [0.2, 0.25) is 5.91 Å². The van der Waals surface area contributed by atoms with Gasteiger partial charge in [-0.15, -0.1) is 0 Å². The number of anilines is 1. The summed E-state index contributed by atoms with van der Waals surface area (Å²) in [5.74, 6) is -0.0758. The predicted molar refractivity (Wildman–Crippen MR) is 104 cm³/mol. The van der Waals surface area contributed by atoms with Crippen LogP contribution in [0.2, 0.25) is 0 Å². The second-order valence-electron chi connectivity index (χ2n) is 6.34. The van der Waals surface area contributed by atoms with Crippen LogP contribution in [0.25, 0.3) is 11.3 Å². The highest BCUT2D eigenvalue weighted by molar-refractivity contribution is 5.89. The Morgan fingerprint density at radius 3 is 2.57 bits per heavy atom. The van der Waals surface area contributed by atoms with Crippen molar-refractivity contribution in [3.8, 4) is 11.3 Å². The van der Waals surface area contributed by atoms with E-state index in [9.17, 15) is 9.18 Å². The lowest BCUT2D eigenvalue weighted by molar-refractivity contribution is -0.116. The van der Waals surface area contributed by atoms with Crippen molar-refractivity contribution in [3.05, 3.63) is 90.5 Å². The molecule has 2 heterocycles. The Kier molecular flexibility index (Phi) is 4.97. The van der Waals surface area contributed by atoms with Gasteiger partial charge in [-0.2, -0.15) is 10.2 Å². The minimum absolute atomic E-state index is 0.0425. The first-order valence-corrected chi connectivity index (χ1v) is 8.82. The van der Waals surface area contributed by atoms with Gasteiger partial charge in [-0.05, 0) is 23.8 Å².